The number of methoxy groups -OCH3 is 1. The normalized spacial score (nSPS) is 15.7. The lowest BCUT2D eigenvalue weighted by Crippen LogP contribution is -2.33. The van der Waals surface area contributed by atoms with Gasteiger partial charge in [-0.2, -0.15) is 0 Å². The Hall–Kier alpha value is -4.60. The summed E-state index contributed by atoms with van der Waals surface area (Å²) in [7, 11) is 4.71. The molecule has 4 rings (SSSR count). The third-order valence-corrected chi connectivity index (χ3v) is 7.43. The molecule has 1 fully saturated rings. The number of ether oxygens (including phenoxy) is 3. The number of carboxylic acid groups (broad SMARTS) is 2. The van der Waals surface area contributed by atoms with Crippen molar-refractivity contribution in [3.8, 4) is 28.4 Å². The highest BCUT2D eigenvalue weighted by atomic mass is 19.1. The van der Waals surface area contributed by atoms with E-state index in [2.05, 4.69) is 0 Å². The second kappa shape index (κ2) is 14.0. The average molecular weight is 594 g/mol. The lowest BCUT2D eigenvalue weighted by Gasteiger charge is -2.37. The van der Waals surface area contributed by atoms with Gasteiger partial charge in [0.2, 0.25) is 0 Å². The lowest BCUT2D eigenvalue weighted by molar-refractivity contribution is -0.138. The zero-order chi connectivity index (χ0) is 31.1. The third kappa shape index (κ3) is 8.03. The van der Waals surface area contributed by atoms with Gasteiger partial charge in [-0.15, -0.1) is 0 Å². The van der Waals surface area contributed by atoms with Crippen LogP contribution in [0.15, 0.2) is 54.6 Å². The standard InChI is InChI=1S/C33H36FNO8/c1-35(2)33(40)23-14-21(20-9-11-30(41-3)28(34)19-20)15-24(18-23)43-25-16-22(17-25)26-6-4-7-29(27(26)10-12-32(38)39)42-13-5-8-31(36)37/h4,6-7,9,11,14-15,18-19,22,25H,5,8,10,12-13,16-17H2,1-3H3,(H,36,37)(H,38,39). The van der Waals surface area contributed by atoms with Crippen LogP contribution in [-0.4, -0.2) is 66.9 Å². The summed E-state index contributed by atoms with van der Waals surface area (Å²) < 4.78 is 31.7. The Kier molecular flexibility index (Phi) is 10.2. The molecule has 0 saturated heterocycles. The van der Waals surface area contributed by atoms with Crippen LogP contribution in [0.3, 0.4) is 0 Å². The van der Waals surface area contributed by atoms with Crippen LogP contribution in [0.5, 0.6) is 17.2 Å². The van der Waals surface area contributed by atoms with Crippen molar-refractivity contribution in [1.82, 2.24) is 4.90 Å². The first kappa shape index (κ1) is 31.3. The largest absolute Gasteiger partial charge is 0.494 e. The fourth-order valence-corrected chi connectivity index (χ4v) is 5.17. The smallest absolute Gasteiger partial charge is 0.303 e. The summed E-state index contributed by atoms with van der Waals surface area (Å²) in [4.78, 5) is 36.5. The van der Waals surface area contributed by atoms with Crippen LogP contribution in [0.25, 0.3) is 11.1 Å². The zero-order valence-electron chi connectivity index (χ0n) is 24.5. The predicted octanol–water partition coefficient (Wildman–Crippen LogP) is 5.79. The van der Waals surface area contributed by atoms with E-state index in [1.807, 2.05) is 12.1 Å². The van der Waals surface area contributed by atoms with Gasteiger partial charge in [0.15, 0.2) is 11.6 Å². The summed E-state index contributed by atoms with van der Waals surface area (Å²) in [6.07, 6.45) is 1.75. The van der Waals surface area contributed by atoms with Crippen molar-refractivity contribution in [2.75, 3.05) is 27.8 Å². The summed E-state index contributed by atoms with van der Waals surface area (Å²) in [5.41, 5.74) is 3.41. The van der Waals surface area contributed by atoms with Gasteiger partial charge in [0.05, 0.1) is 19.8 Å². The number of amides is 1. The zero-order valence-corrected chi connectivity index (χ0v) is 24.5. The molecule has 0 radical (unpaired) electrons. The first-order valence-electron chi connectivity index (χ1n) is 14.1. The number of halogens is 1. The van der Waals surface area contributed by atoms with E-state index in [9.17, 15) is 23.9 Å². The van der Waals surface area contributed by atoms with Crippen LogP contribution in [0.1, 0.15) is 59.5 Å². The highest BCUT2D eigenvalue weighted by Crippen LogP contribution is 2.43. The second-order valence-electron chi connectivity index (χ2n) is 10.8. The average Bonchev–Trinajstić information content (AvgIpc) is 2.95. The summed E-state index contributed by atoms with van der Waals surface area (Å²) >= 11 is 0. The monoisotopic (exact) mass is 593 g/mol. The Labute approximate surface area is 249 Å². The van der Waals surface area contributed by atoms with Gasteiger partial charge in [-0.25, -0.2) is 4.39 Å². The second-order valence-corrected chi connectivity index (χ2v) is 10.8. The van der Waals surface area contributed by atoms with Crippen molar-refractivity contribution in [2.24, 2.45) is 0 Å². The highest BCUT2D eigenvalue weighted by molar-refractivity contribution is 5.95. The summed E-state index contributed by atoms with van der Waals surface area (Å²) in [5, 5.41) is 18.2. The SMILES string of the molecule is COc1ccc(-c2cc(OC3CC(c4cccc(OCCCC(=O)O)c4CCC(=O)O)C3)cc(C(=O)N(C)C)c2)cc1F. The van der Waals surface area contributed by atoms with E-state index >= 15 is 0 Å². The van der Waals surface area contributed by atoms with Crippen LogP contribution in [0.4, 0.5) is 4.39 Å². The van der Waals surface area contributed by atoms with Crippen molar-refractivity contribution >= 4 is 17.8 Å². The van der Waals surface area contributed by atoms with E-state index < -0.39 is 17.8 Å². The quantitative estimate of drug-likeness (QED) is 0.225. The molecule has 1 aliphatic carbocycles. The molecule has 3 aromatic rings. The maximum Gasteiger partial charge on any atom is 0.303 e. The molecule has 0 spiro atoms. The molecule has 0 aliphatic heterocycles. The summed E-state index contributed by atoms with van der Waals surface area (Å²) in [6, 6.07) is 15.4. The van der Waals surface area contributed by atoms with Crippen LogP contribution >= 0.6 is 0 Å². The van der Waals surface area contributed by atoms with Gasteiger partial charge < -0.3 is 29.3 Å². The molecule has 0 bridgehead atoms. The number of hydrogen-bond donors (Lipinski definition) is 2. The minimum Gasteiger partial charge on any atom is -0.494 e. The van der Waals surface area contributed by atoms with Crippen LogP contribution in [0.2, 0.25) is 0 Å². The number of nitrogens with zero attached hydrogens (tertiary/aromatic N) is 1. The molecule has 1 aliphatic rings. The molecule has 10 heteroatoms. The number of rotatable bonds is 14. The van der Waals surface area contributed by atoms with E-state index in [0.29, 0.717) is 47.5 Å². The number of carbonyl (C=O) groups excluding carboxylic acids is 1. The van der Waals surface area contributed by atoms with Crippen molar-refractivity contribution in [3.63, 3.8) is 0 Å². The van der Waals surface area contributed by atoms with E-state index in [4.69, 9.17) is 19.3 Å². The molecule has 3 aromatic carbocycles. The molecule has 0 heterocycles. The molecule has 228 valence electrons. The lowest BCUT2D eigenvalue weighted by atomic mass is 9.75. The third-order valence-electron chi connectivity index (χ3n) is 7.43. The Morgan fingerprint density at radius 2 is 1.67 bits per heavy atom. The fraction of sp³-hybridized carbons (Fsp3) is 0.364. The Balaban J connectivity index is 1.53. The first-order chi connectivity index (χ1) is 20.5. The van der Waals surface area contributed by atoms with E-state index in [1.54, 1.807) is 44.4 Å². The molecule has 0 aromatic heterocycles. The molecule has 0 atom stereocenters. The maximum atomic E-state index is 14.5. The Bertz CT molecular complexity index is 1480. The van der Waals surface area contributed by atoms with Crippen molar-refractivity contribution in [3.05, 3.63) is 77.1 Å². The molecule has 0 unspecified atom stereocenters. The number of benzene rings is 3. The van der Waals surface area contributed by atoms with Gasteiger partial charge in [0.25, 0.3) is 5.91 Å². The summed E-state index contributed by atoms with van der Waals surface area (Å²) in [6.45, 7) is 0.217. The first-order valence-corrected chi connectivity index (χ1v) is 14.1. The molecule has 9 nitrogen and oxygen atoms in total. The maximum absolute atomic E-state index is 14.5. The van der Waals surface area contributed by atoms with E-state index in [1.165, 1.54) is 24.1 Å². The van der Waals surface area contributed by atoms with Gasteiger partial charge >= 0.3 is 11.9 Å². The van der Waals surface area contributed by atoms with Gasteiger partial charge in [0, 0.05) is 32.5 Å². The minimum atomic E-state index is -0.916. The van der Waals surface area contributed by atoms with Gasteiger partial charge in [-0.1, -0.05) is 18.2 Å². The molecular formula is C33H36FNO8. The van der Waals surface area contributed by atoms with Gasteiger partial charge in [0.1, 0.15) is 11.5 Å². The van der Waals surface area contributed by atoms with Crippen LogP contribution < -0.4 is 14.2 Å². The molecular weight excluding hydrogens is 557 g/mol. The molecule has 43 heavy (non-hydrogen) atoms. The minimum absolute atomic E-state index is 0.0117. The van der Waals surface area contributed by atoms with E-state index in [-0.39, 0.29) is 49.5 Å². The topological polar surface area (TPSA) is 123 Å². The van der Waals surface area contributed by atoms with Crippen LogP contribution in [0, 0.1) is 5.82 Å². The van der Waals surface area contributed by atoms with E-state index in [0.717, 1.165) is 11.1 Å². The van der Waals surface area contributed by atoms with Crippen LogP contribution in [-0.2, 0) is 16.0 Å². The Morgan fingerprint density at radius 1 is 0.930 bits per heavy atom. The summed E-state index contributed by atoms with van der Waals surface area (Å²) in [5.74, 6) is -1.25. The number of carboxylic acids is 2. The molecule has 2 N–H and O–H groups in total. The number of carbonyl (C=O) groups is 3. The fourth-order valence-electron chi connectivity index (χ4n) is 5.17. The van der Waals surface area contributed by atoms with Crippen molar-refractivity contribution in [2.45, 2.75) is 50.5 Å². The van der Waals surface area contributed by atoms with Gasteiger partial charge in [-0.05, 0) is 90.3 Å². The predicted molar refractivity (Wildman–Crippen MR) is 158 cm³/mol. The Morgan fingerprint density at radius 3 is 2.33 bits per heavy atom. The number of hydrogen-bond acceptors (Lipinski definition) is 6. The molecule has 1 amide bonds. The van der Waals surface area contributed by atoms with Crippen molar-refractivity contribution in [1.29, 1.82) is 0 Å². The molecule has 1 saturated carbocycles. The van der Waals surface area contributed by atoms with Gasteiger partial charge in [-0.3, -0.25) is 14.4 Å². The number of aliphatic carboxylic acids is 2. The highest BCUT2D eigenvalue weighted by Gasteiger charge is 2.34. The van der Waals surface area contributed by atoms with Crippen molar-refractivity contribution < 1.29 is 43.2 Å².